The van der Waals surface area contributed by atoms with Gasteiger partial charge in [-0.3, -0.25) is 0 Å². The third kappa shape index (κ3) is 2.51. The molecule has 0 radical (unpaired) electrons. The highest BCUT2D eigenvalue weighted by Crippen LogP contribution is 2.28. The Morgan fingerprint density at radius 2 is 2.00 bits per heavy atom. The molecular formula is C6H4ClF3N2O2S. The second kappa shape index (κ2) is 3.86. The van der Waals surface area contributed by atoms with Crippen LogP contribution in [0.1, 0.15) is 12.0 Å². The normalized spacial score (nSPS) is 12.1. The van der Waals surface area contributed by atoms with E-state index in [1.807, 2.05) is 0 Å². The van der Waals surface area contributed by atoms with E-state index in [-0.39, 0.29) is 0 Å². The summed E-state index contributed by atoms with van der Waals surface area (Å²) in [5.41, 5.74) is 4.09. The number of hydrogen-bond donors (Lipinski definition) is 1. The highest BCUT2D eigenvalue weighted by atomic mass is 35.7. The number of alkyl halides is 2. The van der Waals surface area contributed by atoms with E-state index in [0.29, 0.717) is 6.07 Å². The average molecular weight is 261 g/mol. The Morgan fingerprint density at radius 3 is 2.40 bits per heavy atom. The largest absolute Gasteiger partial charge is 0.383 e. The van der Waals surface area contributed by atoms with Gasteiger partial charge in [0.1, 0.15) is 10.7 Å². The minimum atomic E-state index is -4.46. The van der Waals surface area contributed by atoms with Gasteiger partial charge >= 0.3 is 0 Å². The third-order valence-corrected chi connectivity index (χ3v) is 2.81. The zero-order valence-corrected chi connectivity index (χ0v) is 8.49. The van der Waals surface area contributed by atoms with Crippen molar-refractivity contribution in [1.82, 2.24) is 4.98 Å². The van der Waals surface area contributed by atoms with Crippen LogP contribution in [0.3, 0.4) is 0 Å². The Kier molecular flexibility index (Phi) is 3.10. The zero-order chi connectivity index (χ0) is 11.8. The fourth-order valence-corrected chi connectivity index (χ4v) is 1.69. The first-order chi connectivity index (χ1) is 6.73. The van der Waals surface area contributed by atoms with Gasteiger partial charge in [-0.1, -0.05) is 0 Å². The van der Waals surface area contributed by atoms with Crippen LogP contribution in [0.25, 0.3) is 0 Å². The summed E-state index contributed by atoms with van der Waals surface area (Å²) in [7, 11) is 0.339. The number of pyridine rings is 1. The number of halogens is 4. The molecule has 0 aliphatic carbocycles. The number of nitrogen functional groups attached to an aromatic ring is 1. The molecule has 1 aromatic rings. The molecule has 0 aliphatic rings. The van der Waals surface area contributed by atoms with Gasteiger partial charge in [-0.25, -0.2) is 22.2 Å². The van der Waals surface area contributed by atoms with Crippen LogP contribution in [0.5, 0.6) is 0 Å². The van der Waals surface area contributed by atoms with Crippen molar-refractivity contribution < 1.29 is 21.6 Å². The number of hydrogen-bond acceptors (Lipinski definition) is 4. The van der Waals surface area contributed by atoms with Crippen LogP contribution in [0.2, 0.25) is 0 Å². The first-order valence-corrected chi connectivity index (χ1v) is 5.73. The van der Waals surface area contributed by atoms with Gasteiger partial charge in [0.15, 0.2) is 0 Å². The molecule has 0 unspecified atom stereocenters. The van der Waals surface area contributed by atoms with Gasteiger partial charge in [-0.15, -0.1) is 0 Å². The summed E-state index contributed by atoms with van der Waals surface area (Å²) in [6.07, 6.45) is -3.06. The van der Waals surface area contributed by atoms with Crippen LogP contribution in [0.4, 0.5) is 19.0 Å². The van der Waals surface area contributed by atoms with Gasteiger partial charge in [0.05, 0.1) is 5.56 Å². The second-order valence-corrected chi connectivity index (χ2v) is 5.02. The molecule has 0 saturated heterocycles. The minimum absolute atomic E-state index is 0.366. The topological polar surface area (TPSA) is 73.0 Å². The molecule has 0 spiro atoms. The van der Waals surface area contributed by atoms with E-state index >= 15 is 0 Å². The first kappa shape index (κ1) is 12.1. The lowest BCUT2D eigenvalue weighted by Gasteiger charge is -2.05. The molecule has 1 aromatic heterocycles. The van der Waals surface area contributed by atoms with Crippen molar-refractivity contribution in [3.05, 3.63) is 17.6 Å². The van der Waals surface area contributed by atoms with Crippen molar-refractivity contribution in [2.75, 3.05) is 5.73 Å². The van der Waals surface area contributed by atoms with Crippen LogP contribution in [0, 0.1) is 5.95 Å². The van der Waals surface area contributed by atoms with E-state index in [1.165, 1.54) is 0 Å². The number of anilines is 1. The summed E-state index contributed by atoms with van der Waals surface area (Å²) in [5, 5.41) is 0. The van der Waals surface area contributed by atoms with E-state index in [9.17, 15) is 21.6 Å². The number of aromatic nitrogens is 1. The lowest BCUT2D eigenvalue weighted by Crippen LogP contribution is -2.06. The zero-order valence-electron chi connectivity index (χ0n) is 6.92. The Hall–Kier alpha value is -1.02. The molecular weight excluding hydrogens is 257 g/mol. The highest BCUT2D eigenvalue weighted by Gasteiger charge is 2.23. The number of rotatable bonds is 2. The molecule has 4 nitrogen and oxygen atoms in total. The van der Waals surface area contributed by atoms with E-state index < -0.39 is 37.7 Å². The van der Waals surface area contributed by atoms with Crippen molar-refractivity contribution in [1.29, 1.82) is 0 Å². The summed E-state index contributed by atoms with van der Waals surface area (Å²) >= 11 is 0. The van der Waals surface area contributed by atoms with Crippen LogP contribution >= 0.6 is 10.7 Å². The Balaban J connectivity index is 3.50. The Morgan fingerprint density at radius 1 is 1.47 bits per heavy atom. The van der Waals surface area contributed by atoms with Crippen LogP contribution in [-0.4, -0.2) is 13.4 Å². The lowest BCUT2D eigenvalue weighted by molar-refractivity contribution is 0.151. The molecule has 0 bridgehead atoms. The molecule has 0 aromatic carbocycles. The van der Waals surface area contributed by atoms with Crippen LogP contribution in [-0.2, 0) is 9.05 Å². The fourth-order valence-electron chi connectivity index (χ4n) is 0.846. The smallest absolute Gasteiger partial charge is 0.267 e. The summed E-state index contributed by atoms with van der Waals surface area (Å²) in [6, 6.07) is 0.366. The summed E-state index contributed by atoms with van der Waals surface area (Å²) in [5.74, 6) is -2.28. The number of nitrogens with two attached hydrogens (primary N) is 1. The van der Waals surface area contributed by atoms with Crippen LogP contribution in [0.15, 0.2) is 11.0 Å². The lowest BCUT2D eigenvalue weighted by atomic mass is 10.2. The standard InChI is InChI=1S/C6H4ClF3N2O2S/c7-15(13,14)3-1-2(4(8)9)6(11)12-5(3)10/h1,4H,(H2,11,12). The quantitative estimate of drug-likeness (QED) is 0.648. The third-order valence-electron chi connectivity index (χ3n) is 1.50. The molecule has 0 amide bonds. The van der Waals surface area contributed by atoms with Crippen molar-refractivity contribution in [2.45, 2.75) is 11.3 Å². The van der Waals surface area contributed by atoms with Crippen molar-refractivity contribution in [3.63, 3.8) is 0 Å². The molecule has 1 rings (SSSR count). The average Bonchev–Trinajstić information content (AvgIpc) is 2.00. The molecule has 9 heteroatoms. The molecule has 0 aliphatic heterocycles. The maximum Gasteiger partial charge on any atom is 0.267 e. The molecule has 0 atom stereocenters. The monoisotopic (exact) mass is 260 g/mol. The molecule has 0 fully saturated rings. The SMILES string of the molecule is Nc1nc(F)c(S(=O)(=O)Cl)cc1C(F)F. The van der Waals surface area contributed by atoms with E-state index in [0.717, 1.165) is 0 Å². The van der Waals surface area contributed by atoms with Crippen molar-refractivity contribution in [2.24, 2.45) is 0 Å². The molecule has 84 valence electrons. The molecule has 2 N–H and O–H groups in total. The van der Waals surface area contributed by atoms with E-state index in [1.54, 1.807) is 0 Å². The van der Waals surface area contributed by atoms with E-state index in [2.05, 4.69) is 4.98 Å². The van der Waals surface area contributed by atoms with Crippen molar-refractivity contribution >= 4 is 25.6 Å². The van der Waals surface area contributed by atoms with E-state index in [4.69, 9.17) is 16.4 Å². The van der Waals surface area contributed by atoms with Crippen LogP contribution < -0.4 is 5.73 Å². The maximum atomic E-state index is 12.9. The number of nitrogens with zero attached hydrogens (tertiary/aromatic N) is 1. The van der Waals surface area contributed by atoms with Gasteiger partial charge in [0.2, 0.25) is 5.95 Å². The summed E-state index contributed by atoms with van der Waals surface area (Å²) in [4.78, 5) is 1.71. The molecule has 1 heterocycles. The maximum absolute atomic E-state index is 12.9. The minimum Gasteiger partial charge on any atom is -0.383 e. The Bertz CT molecular complexity index is 491. The second-order valence-electron chi connectivity index (χ2n) is 2.49. The van der Waals surface area contributed by atoms with Gasteiger partial charge < -0.3 is 5.73 Å². The highest BCUT2D eigenvalue weighted by molar-refractivity contribution is 8.13. The van der Waals surface area contributed by atoms with Crippen molar-refractivity contribution in [3.8, 4) is 0 Å². The summed E-state index contributed by atoms with van der Waals surface area (Å²) < 4.78 is 58.9. The van der Waals surface area contributed by atoms with Gasteiger partial charge in [0, 0.05) is 10.7 Å². The summed E-state index contributed by atoms with van der Waals surface area (Å²) in [6.45, 7) is 0. The fraction of sp³-hybridized carbons (Fsp3) is 0.167. The van der Waals surface area contributed by atoms with Gasteiger partial charge in [0.25, 0.3) is 15.5 Å². The van der Waals surface area contributed by atoms with Gasteiger partial charge in [-0.2, -0.15) is 4.39 Å². The molecule has 0 saturated carbocycles. The predicted molar refractivity (Wildman–Crippen MR) is 46.6 cm³/mol. The first-order valence-electron chi connectivity index (χ1n) is 3.42. The predicted octanol–water partition coefficient (Wildman–Crippen LogP) is 1.67. The Labute approximate surface area is 87.3 Å². The molecule has 15 heavy (non-hydrogen) atoms. The van der Waals surface area contributed by atoms with Gasteiger partial charge in [-0.05, 0) is 6.07 Å².